The quantitative estimate of drug-likeness (QED) is 0.876. The molecule has 1 aromatic heterocycles. The maximum atomic E-state index is 5.52. The second-order valence-corrected chi connectivity index (χ2v) is 6.44. The SMILES string of the molecule is COC(C)(C)CCC1NC(c2ccoc2)CCC1C. The average Bonchev–Trinajstić information content (AvgIpc) is 2.92. The minimum atomic E-state index is -0.0238. The first-order valence-corrected chi connectivity index (χ1v) is 7.35. The first kappa shape index (κ1) is 14.6. The van der Waals surface area contributed by atoms with Gasteiger partial charge in [0.05, 0.1) is 18.1 Å². The maximum absolute atomic E-state index is 5.52. The lowest BCUT2D eigenvalue weighted by molar-refractivity contribution is 0.00879. The van der Waals surface area contributed by atoms with Gasteiger partial charge >= 0.3 is 0 Å². The van der Waals surface area contributed by atoms with Crippen LogP contribution in [0.15, 0.2) is 23.0 Å². The lowest BCUT2D eigenvalue weighted by Crippen LogP contribution is -2.43. The van der Waals surface area contributed by atoms with Gasteiger partial charge in [0.25, 0.3) is 0 Å². The molecule has 19 heavy (non-hydrogen) atoms. The molecule has 2 rings (SSSR count). The Morgan fingerprint density at radius 2 is 2.21 bits per heavy atom. The van der Waals surface area contributed by atoms with E-state index in [0.717, 1.165) is 18.8 Å². The zero-order chi connectivity index (χ0) is 13.9. The van der Waals surface area contributed by atoms with E-state index in [-0.39, 0.29) is 5.60 Å². The molecule has 1 aliphatic rings. The number of rotatable bonds is 5. The van der Waals surface area contributed by atoms with E-state index in [4.69, 9.17) is 9.15 Å². The molecule has 0 amide bonds. The third-order valence-corrected chi connectivity index (χ3v) is 4.57. The fraction of sp³-hybridized carbons (Fsp3) is 0.750. The molecule has 0 saturated carbocycles. The van der Waals surface area contributed by atoms with Crippen molar-refractivity contribution in [3.63, 3.8) is 0 Å². The summed E-state index contributed by atoms with van der Waals surface area (Å²) in [6.45, 7) is 6.67. The normalized spacial score (nSPS) is 28.5. The molecule has 0 aromatic carbocycles. The van der Waals surface area contributed by atoms with Crippen molar-refractivity contribution in [3.05, 3.63) is 24.2 Å². The Hall–Kier alpha value is -0.800. The smallest absolute Gasteiger partial charge is 0.0950 e. The zero-order valence-corrected chi connectivity index (χ0v) is 12.6. The molecule has 3 nitrogen and oxygen atoms in total. The Bertz CT molecular complexity index is 372. The number of piperidine rings is 1. The van der Waals surface area contributed by atoms with Crippen LogP contribution in [0, 0.1) is 5.92 Å². The van der Waals surface area contributed by atoms with Gasteiger partial charge in [0.2, 0.25) is 0 Å². The molecular weight excluding hydrogens is 238 g/mol. The van der Waals surface area contributed by atoms with Crippen LogP contribution in [0.3, 0.4) is 0 Å². The monoisotopic (exact) mass is 265 g/mol. The van der Waals surface area contributed by atoms with Crippen LogP contribution in [0.5, 0.6) is 0 Å². The van der Waals surface area contributed by atoms with E-state index in [1.807, 2.05) is 6.26 Å². The van der Waals surface area contributed by atoms with Crippen molar-refractivity contribution in [2.45, 2.75) is 64.1 Å². The Balaban J connectivity index is 1.92. The van der Waals surface area contributed by atoms with Gasteiger partial charge in [0.1, 0.15) is 0 Å². The number of nitrogens with one attached hydrogen (secondary N) is 1. The average molecular weight is 265 g/mol. The third kappa shape index (κ3) is 3.83. The van der Waals surface area contributed by atoms with Crippen LogP contribution in [0.2, 0.25) is 0 Å². The fourth-order valence-corrected chi connectivity index (χ4v) is 2.85. The van der Waals surface area contributed by atoms with Crippen molar-refractivity contribution in [2.24, 2.45) is 5.92 Å². The first-order valence-electron chi connectivity index (χ1n) is 7.35. The van der Waals surface area contributed by atoms with Crippen molar-refractivity contribution in [1.29, 1.82) is 0 Å². The van der Waals surface area contributed by atoms with Crippen molar-refractivity contribution >= 4 is 0 Å². The molecule has 1 aliphatic heterocycles. The van der Waals surface area contributed by atoms with Crippen LogP contribution in [0.1, 0.15) is 58.1 Å². The zero-order valence-electron chi connectivity index (χ0n) is 12.6. The van der Waals surface area contributed by atoms with E-state index in [1.54, 1.807) is 13.4 Å². The van der Waals surface area contributed by atoms with Gasteiger partial charge in [-0.05, 0) is 51.5 Å². The summed E-state index contributed by atoms with van der Waals surface area (Å²) in [5.74, 6) is 0.732. The summed E-state index contributed by atoms with van der Waals surface area (Å²) < 4.78 is 10.7. The highest BCUT2D eigenvalue weighted by molar-refractivity contribution is 5.13. The summed E-state index contributed by atoms with van der Waals surface area (Å²) in [5, 5.41) is 3.79. The first-order chi connectivity index (χ1) is 9.02. The molecule has 3 heteroatoms. The van der Waals surface area contributed by atoms with Crippen molar-refractivity contribution in [1.82, 2.24) is 5.32 Å². The summed E-state index contributed by atoms with van der Waals surface area (Å²) in [6, 6.07) is 3.10. The highest BCUT2D eigenvalue weighted by Gasteiger charge is 2.29. The third-order valence-electron chi connectivity index (χ3n) is 4.57. The minimum Gasteiger partial charge on any atom is -0.472 e. The molecule has 0 aliphatic carbocycles. The fourth-order valence-electron chi connectivity index (χ4n) is 2.85. The van der Waals surface area contributed by atoms with Gasteiger partial charge in [-0.1, -0.05) is 6.92 Å². The highest BCUT2D eigenvalue weighted by atomic mass is 16.5. The predicted molar refractivity (Wildman–Crippen MR) is 77.1 cm³/mol. The van der Waals surface area contributed by atoms with Crippen molar-refractivity contribution in [3.8, 4) is 0 Å². The van der Waals surface area contributed by atoms with Crippen LogP contribution in [0.4, 0.5) is 0 Å². The van der Waals surface area contributed by atoms with Crippen LogP contribution in [0.25, 0.3) is 0 Å². The topological polar surface area (TPSA) is 34.4 Å². The summed E-state index contributed by atoms with van der Waals surface area (Å²) in [4.78, 5) is 0. The Labute approximate surface area is 116 Å². The van der Waals surface area contributed by atoms with E-state index in [0.29, 0.717) is 12.1 Å². The van der Waals surface area contributed by atoms with Crippen molar-refractivity contribution in [2.75, 3.05) is 7.11 Å². The molecule has 2 heterocycles. The van der Waals surface area contributed by atoms with Crippen LogP contribution in [-0.2, 0) is 4.74 Å². The summed E-state index contributed by atoms with van der Waals surface area (Å²) >= 11 is 0. The van der Waals surface area contributed by atoms with E-state index < -0.39 is 0 Å². The summed E-state index contributed by atoms with van der Waals surface area (Å²) in [7, 11) is 1.80. The van der Waals surface area contributed by atoms with Crippen LogP contribution >= 0.6 is 0 Å². The number of ether oxygens (including phenoxy) is 1. The Morgan fingerprint density at radius 1 is 1.42 bits per heavy atom. The highest BCUT2D eigenvalue weighted by Crippen LogP contribution is 2.32. The standard InChI is InChI=1S/C16H27NO2/c1-12-5-6-15(13-8-10-19-11-13)17-14(12)7-9-16(2,3)18-4/h8,10-12,14-15,17H,5-7,9H2,1-4H3. The molecule has 1 fully saturated rings. The Morgan fingerprint density at radius 3 is 2.84 bits per heavy atom. The van der Waals surface area contributed by atoms with E-state index in [1.165, 1.54) is 18.4 Å². The largest absolute Gasteiger partial charge is 0.472 e. The van der Waals surface area contributed by atoms with Gasteiger partial charge in [-0.2, -0.15) is 0 Å². The molecule has 3 atom stereocenters. The van der Waals surface area contributed by atoms with Gasteiger partial charge in [-0.25, -0.2) is 0 Å². The summed E-state index contributed by atoms with van der Waals surface area (Å²) in [6.07, 6.45) is 8.35. The van der Waals surface area contributed by atoms with E-state index >= 15 is 0 Å². The number of hydrogen-bond donors (Lipinski definition) is 1. The molecule has 108 valence electrons. The van der Waals surface area contributed by atoms with E-state index in [2.05, 4.69) is 32.2 Å². The van der Waals surface area contributed by atoms with E-state index in [9.17, 15) is 0 Å². The summed E-state index contributed by atoms with van der Waals surface area (Å²) in [5.41, 5.74) is 1.26. The van der Waals surface area contributed by atoms with Crippen LogP contribution in [-0.4, -0.2) is 18.8 Å². The van der Waals surface area contributed by atoms with Gasteiger partial charge in [0, 0.05) is 24.8 Å². The second-order valence-electron chi connectivity index (χ2n) is 6.44. The molecule has 0 bridgehead atoms. The molecule has 1 aromatic rings. The predicted octanol–water partition coefficient (Wildman–Crippen LogP) is 3.91. The van der Waals surface area contributed by atoms with Gasteiger partial charge in [-0.15, -0.1) is 0 Å². The molecule has 1 N–H and O–H groups in total. The minimum absolute atomic E-state index is 0.0238. The lowest BCUT2D eigenvalue weighted by atomic mass is 9.83. The van der Waals surface area contributed by atoms with Gasteiger partial charge in [0.15, 0.2) is 0 Å². The lowest BCUT2D eigenvalue weighted by Gasteiger charge is -2.37. The van der Waals surface area contributed by atoms with Gasteiger partial charge in [-0.3, -0.25) is 0 Å². The molecule has 0 radical (unpaired) electrons. The number of methoxy groups -OCH3 is 1. The van der Waals surface area contributed by atoms with Gasteiger partial charge < -0.3 is 14.5 Å². The van der Waals surface area contributed by atoms with Crippen LogP contribution < -0.4 is 5.32 Å². The molecule has 3 unspecified atom stereocenters. The second kappa shape index (κ2) is 6.10. The Kier molecular flexibility index (Phi) is 4.69. The van der Waals surface area contributed by atoms with Crippen molar-refractivity contribution < 1.29 is 9.15 Å². The molecule has 1 saturated heterocycles. The number of furan rings is 1. The molecular formula is C16H27NO2. The number of hydrogen-bond acceptors (Lipinski definition) is 3. The maximum Gasteiger partial charge on any atom is 0.0950 e. The molecule has 0 spiro atoms.